The molecule has 0 bridgehead atoms. The molecule has 12 heteroatoms. The van der Waals surface area contributed by atoms with Crippen LogP contribution >= 0.6 is 11.8 Å². The molecule has 0 aromatic rings. The zero-order valence-electron chi connectivity index (χ0n) is 14.9. The Labute approximate surface area is 166 Å². The highest BCUT2D eigenvalue weighted by Crippen LogP contribution is 2.41. The number of hydrogen-bond donors (Lipinski definition) is 1. The molecule has 0 spiro atoms. The summed E-state index contributed by atoms with van der Waals surface area (Å²) in [4.78, 5) is 51.6. The summed E-state index contributed by atoms with van der Waals surface area (Å²) in [5, 5.41) is -1.26. The molecule has 0 radical (unpaired) electrons. The summed E-state index contributed by atoms with van der Waals surface area (Å²) in [6.07, 6.45) is -1.97. The lowest BCUT2D eigenvalue weighted by Gasteiger charge is -2.49. The number of likely N-dealkylation sites (tertiary alicyclic amines) is 1. The molecule has 2 atom stereocenters. The summed E-state index contributed by atoms with van der Waals surface area (Å²) < 4.78 is 41.4. The van der Waals surface area contributed by atoms with Crippen molar-refractivity contribution in [1.82, 2.24) is 9.80 Å². The van der Waals surface area contributed by atoms with Crippen molar-refractivity contribution in [2.24, 2.45) is 5.73 Å². The molecule has 4 aliphatic rings. The maximum atomic E-state index is 12.6. The van der Waals surface area contributed by atoms with Crippen LogP contribution < -0.4 is 5.73 Å². The van der Waals surface area contributed by atoms with Crippen LogP contribution in [0.3, 0.4) is 0 Å². The van der Waals surface area contributed by atoms with Gasteiger partial charge in [0.1, 0.15) is 5.70 Å². The highest BCUT2D eigenvalue weighted by molar-refractivity contribution is 8.14. The van der Waals surface area contributed by atoms with E-state index in [-0.39, 0.29) is 29.6 Å². The third kappa shape index (κ3) is 3.54. The number of alkyl halides is 3. The molecule has 2 saturated heterocycles. The summed E-state index contributed by atoms with van der Waals surface area (Å²) in [6.45, 7) is 0.581. The van der Waals surface area contributed by atoms with Gasteiger partial charge in [0.25, 0.3) is 0 Å². The van der Waals surface area contributed by atoms with Gasteiger partial charge in [-0.1, -0.05) is 11.8 Å². The van der Waals surface area contributed by atoms with E-state index in [4.69, 9.17) is 5.73 Å². The van der Waals surface area contributed by atoms with Gasteiger partial charge in [-0.2, -0.15) is 13.2 Å². The molecule has 1 saturated carbocycles. The number of nitrogens with two attached hydrogens (primary N) is 1. The van der Waals surface area contributed by atoms with Crippen LogP contribution in [0.15, 0.2) is 22.9 Å². The van der Waals surface area contributed by atoms with Crippen molar-refractivity contribution in [3.63, 3.8) is 0 Å². The molecule has 2 unspecified atom stereocenters. The van der Waals surface area contributed by atoms with Crippen LogP contribution in [0, 0.1) is 0 Å². The SMILES string of the molecule is NC1CN2C(C(=O)OC(=O)C(F)(F)F)=C(/C=C3\CCN(C4CC4)C3=O)C(=O)SC12. The van der Waals surface area contributed by atoms with Gasteiger partial charge < -0.3 is 20.3 Å². The second kappa shape index (κ2) is 6.87. The Morgan fingerprint density at radius 2 is 1.90 bits per heavy atom. The normalized spacial score (nSPS) is 28.6. The largest absolute Gasteiger partial charge is 0.491 e. The van der Waals surface area contributed by atoms with Gasteiger partial charge in [-0.05, 0) is 25.3 Å². The maximum absolute atomic E-state index is 12.6. The van der Waals surface area contributed by atoms with Gasteiger partial charge in [0.05, 0.1) is 17.0 Å². The summed E-state index contributed by atoms with van der Waals surface area (Å²) in [6, 6.07) is -0.303. The second-order valence-electron chi connectivity index (χ2n) is 7.20. The Bertz CT molecular complexity index is 880. The van der Waals surface area contributed by atoms with E-state index in [2.05, 4.69) is 4.74 Å². The number of hydrogen-bond acceptors (Lipinski definition) is 8. The molecular formula is C17H16F3N3O5S. The molecule has 156 valence electrons. The number of amides is 1. The third-order valence-corrected chi connectivity index (χ3v) is 6.42. The van der Waals surface area contributed by atoms with E-state index in [1.54, 1.807) is 4.90 Å². The molecule has 0 aromatic heterocycles. The molecule has 3 fully saturated rings. The number of nitrogens with zero attached hydrogens (tertiary/aromatic N) is 2. The van der Waals surface area contributed by atoms with Crippen molar-refractivity contribution < 1.29 is 37.1 Å². The third-order valence-electron chi connectivity index (χ3n) is 5.15. The highest BCUT2D eigenvalue weighted by atomic mass is 32.2. The zero-order chi connectivity index (χ0) is 21.1. The average Bonchev–Trinajstić information content (AvgIpc) is 3.41. The number of esters is 2. The van der Waals surface area contributed by atoms with Crippen molar-refractivity contribution in [3.8, 4) is 0 Å². The van der Waals surface area contributed by atoms with Gasteiger partial charge in [0.2, 0.25) is 11.0 Å². The highest BCUT2D eigenvalue weighted by Gasteiger charge is 2.50. The van der Waals surface area contributed by atoms with Crippen molar-refractivity contribution >= 4 is 34.7 Å². The van der Waals surface area contributed by atoms with Gasteiger partial charge in [-0.25, -0.2) is 9.59 Å². The topological polar surface area (TPSA) is 110 Å². The fourth-order valence-corrected chi connectivity index (χ4v) is 4.61. The molecule has 0 aromatic carbocycles. The van der Waals surface area contributed by atoms with Crippen LogP contribution in [-0.2, 0) is 23.9 Å². The number of ether oxygens (including phenoxy) is 1. The first-order valence-corrected chi connectivity index (χ1v) is 9.78. The first kappa shape index (κ1) is 20.0. The van der Waals surface area contributed by atoms with E-state index in [0.717, 1.165) is 24.6 Å². The molecule has 2 N–H and O–H groups in total. The monoisotopic (exact) mass is 431 g/mol. The first-order chi connectivity index (χ1) is 13.6. The van der Waals surface area contributed by atoms with Gasteiger partial charge in [-0.3, -0.25) is 9.59 Å². The predicted octanol–water partition coefficient (Wildman–Crippen LogP) is 0.436. The van der Waals surface area contributed by atoms with Gasteiger partial charge >= 0.3 is 18.1 Å². The van der Waals surface area contributed by atoms with Crippen LogP contribution in [-0.4, -0.2) is 69.5 Å². The van der Waals surface area contributed by atoms with E-state index in [1.807, 2.05) is 0 Å². The molecule has 3 aliphatic heterocycles. The Kier molecular flexibility index (Phi) is 4.73. The lowest BCUT2D eigenvalue weighted by molar-refractivity contribution is -0.201. The minimum Gasteiger partial charge on any atom is -0.382 e. The lowest BCUT2D eigenvalue weighted by Crippen LogP contribution is -2.64. The minimum atomic E-state index is -5.36. The smallest absolute Gasteiger partial charge is 0.382 e. The second-order valence-corrected chi connectivity index (χ2v) is 8.29. The van der Waals surface area contributed by atoms with Crippen molar-refractivity contribution in [3.05, 3.63) is 22.9 Å². The number of allylic oxidation sites excluding steroid dienone is 1. The summed E-state index contributed by atoms with van der Waals surface area (Å²) in [5.41, 5.74) is 5.37. The van der Waals surface area contributed by atoms with Crippen molar-refractivity contribution in [2.75, 3.05) is 13.1 Å². The number of carbonyl (C=O) groups is 4. The van der Waals surface area contributed by atoms with Crippen LogP contribution in [0.4, 0.5) is 13.2 Å². The Hall–Kier alpha value is -2.34. The summed E-state index contributed by atoms with van der Waals surface area (Å²) in [5.74, 6) is -4.53. The van der Waals surface area contributed by atoms with Crippen LogP contribution in [0.5, 0.6) is 0 Å². The molecule has 1 amide bonds. The maximum Gasteiger partial charge on any atom is 0.491 e. The number of halogens is 3. The fraction of sp³-hybridized carbons (Fsp3) is 0.529. The van der Waals surface area contributed by atoms with E-state index >= 15 is 0 Å². The number of rotatable bonds is 3. The van der Waals surface area contributed by atoms with E-state index in [1.165, 1.54) is 11.0 Å². The van der Waals surface area contributed by atoms with E-state index < -0.39 is 40.3 Å². The van der Waals surface area contributed by atoms with Crippen molar-refractivity contribution in [1.29, 1.82) is 0 Å². The standard InChI is InChI=1S/C17H16F3N3O5S/c18-17(19,20)16(27)28-14(25)11-9(15(26)29-13-10(21)6-23(11)13)5-7-3-4-22(12(7)24)8-1-2-8/h5,8,10,13H,1-4,6,21H2/b7-5+. The lowest BCUT2D eigenvalue weighted by atomic mass is 10.0. The molecule has 8 nitrogen and oxygen atoms in total. The zero-order valence-corrected chi connectivity index (χ0v) is 15.7. The Morgan fingerprint density at radius 3 is 2.48 bits per heavy atom. The first-order valence-electron chi connectivity index (χ1n) is 8.90. The summed E-state index contributed by atoms with van der Waals surface area (Å²) in [7, 11) is 0. The quantitative estimate of drug-likeness (QED) is 0.389. The Balaban J connectivity index is 1.68. The molecular weight excluding hydrogens is 415 g/mol. The number of fused-ring (bicyclic) bond motifs is 1. The molecule has 4 rings (SSSR count). The molecule has 3 heterocycles. The minimum absolute atomic E-state index is 0.102. The van der Waals surface area contributed by atoms with Crippen LogP contribution in [0.25, 0.3) is 0 Å². The molecule has 1 aliphatic carbocycles. The van der Waals surface area contributed by atoms with E-state index in [9.17, 15) is 32.3 Å². The number of thioether (sulfide) groups is 1. The van der Waals surface area contributed by atoms with Gasteiger partial charge in [0.15, 0.2) is 0 Å². The summed E-state index contributed by atoms with van der Waals surface area (Å²) >= 11 is 0.822. The molecule has 29 heavy (non-hydrogen) atoms. The Morgan fingerprint density at radius 1 is 1.21 bits per heavy atom. The van der Waals surface area contributed by atoms with Gasteiger partial charge in [-0.15, -0.1) is 0 Å². The van der Waals surface area contributed by atoms with Gasteiger partial charge in [0, 0.05) is 24.7 Å². The van der Waals surface area contributed by atoms with E-state index in [0.29, 0.717) is 13.0 Å². The van der Waals surface area contributed by atoms with Crippen LogP contribution in [0.2, 0.25) is 0 Å². The average molecular weight is 431 g/mol. The fourth-order valence-electron chi connectivity index (χ4n) is 3.53. The predicted molar refractivity (Wildman–Crippen MR) is 92.7 cm³/mol. The van der Waals surface area contributed by atoms with Crippen molar-refractivity contribution in [2.45, 2.75) is 42.9 Å². The number of carbonyl (C=O) groups excluding carboxylic acids is 4. The van der Waals surface area contributed by atoms with Crippen LogP contribution in [0.1, 0.15) is 19.3 Å².